The average molecular weight is 289 g/mol. The molecule has 21 heavy (non-hydrogen) atoms. The van der Waals surface area contributed by atoms with Crippen LogP contribution in [0.5, 0.6) is 0 Å². The van der Waals surface area contributed by atoms with Gasteiger partial charge in [-0.15, -0.1) is 0 Å². The highest BCUT2D eigenvalue weighted by atomic mass is 16.1. The maximum atomic E-state index is 12.0. The first kappa shape index (κ1) is 15.8. The van der Waals surface area contributed by atoms with E-state index < -0.39 is 0 Å². The quantitative estimate of drug-likeness (QED) is 0.846. The Morgan fingerprint density at radius 2 is 2.10 bits per heavy atom. The number of nitrogens with one attached hydrogen (secondary N) is 2. The molecule has 0 bridgehead atoms. The van der Waals surface area contributed by atoms with Gasteiger partial charge in [-0.3, -0.25) is 4.79 Å². The summed E-state index contributed by atoms with van der Waals surface area (Å²) in [6, 6.07) is 8.95. The summed E-state index contributed by atoms with van der Waals surface area (Å²) in [5.74, 6) is 0.0957. The van der Waals surface area contributed by atoms with Crippen molar-refractivity contribution < 1.29 is 4.79 Å². The van der Waals surface area contributed by atoms with Crippen LogP contribution >= 0.6 is 0 Å². The summed E-state index contributed by atoms with van der Waals surface area (Å²) in [5.41, 5.74) is 2.07. The molecule has 1 atom stereocenters. The van der Waals surface area contributed by atoms with E-state index in [9.17, 15) is 4.79 Å². The summed E-state index contributed by atoms with van der Waals surface area (Å²) in [7, 11) is 0. The minimum Gasteiger partial charge on any atom is -0.369 e. The number of carbonyl (C=O) groups excluding carboxylic acids is 1. The van der Waals surface area contributed by atoms with Gasteiger partial charge in [0.1, 0.15) is 0 Å². The lowest BCUT2D eigenvalue weighted by Gasteiger charge is -2.27. The van der Waals surface area contributed by atoms with Gasteiger partial charge in [0.25, 0.3) is 0 Å². The highest BCUT2D eigenvalue weighted by molar-refractivity contribution is 5.91. The molecule has 0 aliphatic carbocycles. The monoisotopic (exact) mass is 289 g/mol. The molecule has 2 rings (SSSR count). The van der Waals surface area contributed by atoms with Gasteiger partial charge in [-0.25, -0.2) is 0 Å². The first-order valence-corrected chi connectivity index (χ1v) is 8.00. The molecule has 4 nitrogen and oxygen atoms in total. The molecule has 1 fully saturated rings. The lowest BCUT2D eigenvalue weighted by Crippen LogP contribution is -2.30. The summed E-state index contributed by atoms with van der Waals surface area (Å²) in [4.78, 5) is 14.3. The van der Waals surface area contributed by atoms with E-state index >= 15 is 0 Å². The normalized spacial score (nSPS) is 18.0. The third-order valence-electron chi connectivity index (χ3n) is 4.04. The first-order valence-electron chi connectivity index (χ1n) is 8.00. The van der Waals surface area contributed by atoms with Crippen LogP contribution in [-0.2, 0) is 4.79 Å². The Labute approximate surface area is 127 Å². The fourth-order valence-corrected chi connectivity index (χ4v) is 2.95. The van der Waals surface area contributed by atoms with E-state index in [1.165, 1.54) is 12.1 Å². The molecule has 1 aromatic carbocycles. The van der Waals surface area contributed by atoms with Crippen molar-refractivity contribution in [3.8, 4) is 0 Å². The van der Waals surface area contributed by atoms with E-state index in [-0.39, 0.29) is 5.91 Å². The molecular weight excluding hydrogens is 262 g/mol. The van der Waals surface area contributed by atoms with E-state index in [1.54, 1.807) is 0 Å². The molecule has 4 heteroatoms. The van der Waals surface area contributed by atoms with Crippen molar-refractivity contribution in [1.29, 1.82) is 0 Å². The molecule has 1 aliphatic heterocycles. The van der Waals surface area contributed by atoms with E-state index in [4.69, 9.17) is 0 Å². The largest absolute Gasteiger partial charge is 0.369 e. The molecule has 1 unspecified atom stereocenters. The maximum absolute atomic E-state index is 12.0. The Balaban J connectivity index is 1.90. The fourth-order valence-electron chi connectivity index (χ4n) is 2.95. The second-order valence-electron chi connectivity index (χ2n) is 5.97. The van der Waals surface area contributed by atoms with Crippen LogP contribution in [0.15, 0.2) is 24.3 Å². The minimum absolute atomic E-state index is 0.0957. The second-order valence-corrected chi connectivity index (χ2v) is 5.97. The highest BCUT2D eigenvalue weighted by Crippen LogP contribution is 2.20. The van der Waals surface area contributed by atoms with Gasteiger partial charge in [-0.05, 0) is 64.4 Å². The predicted molar refractivity (Wildman–Crippen MR) is 88.9 cm³/mol. The lowest BCUT2D eigenvalue weighted by atomic mass is 10.1. The number of carbonyl (C=O) groups is 1. The maximum Gasteiger partial charge on any atom is 0.225 e. The van der Waals surface area contributed by atoms with E-state index in [0.717, 1.165) is 25.2 Å². The zero-order valence-corrected chi connectivity index (χ0v) is 13.4. The molecular formula is C17H27N3O. The van der Waals surface area contributed by atoms with Crippen LogP contribution in [0.3, 0.4) is 0 Å². The number of nitrogens with zero attached hydrogens (tertiary/aromatic N) is 1. The Kier molecular flexibility index (Phi) is 5.62. The van der Waals surface area contributed by atoms with Crippen LogP contribution in [0.1, 0.15) is 40.0 Å². The SMILES string of the molecule is CCN(c1ccc(NC(=O)CC2CCCN2)cc1)C(C)C. The number of amides is 1. The van der Waals surface area contributed by atoms with Gasteiger partial charge in [0.15, 0.2) is 0 Å². The van der Waals surface area contributed by atoms with Crippen molar-refractivity contribution in [2.45, 2.75) is 52.1 Å². The zero-order chi connectivity index (χ0) is 15.2. The topological polar surface area (TPSA) is 44.4 Å². The van der Waals surface area contributed by atoms with Crippen molar-refractivity contribution in [3.63, 3.8) is 0 Å². The summed E-state index contributed by atoms with van der Waals surface area (Å²) in [6.07, 6.45) is 2.84. The molecule has 1 heterocycles. The number of benzene rings is 1. The number of rotatable bonds is 6. The first-order chi connectivity index (χ1) is 10.1. The minimum atomic E-state index is 0.0957. The van der Waals surface area contributed by atoms with Crippen molar-refractivity contribution >= 4 is 17.3 Å². The van der Waals surface area contributed by atoms with E-state index in [1.807, 2.05) is 12.1 Å². The van der Waals surface area contributed by atoms with Crippen molar-refractivity contribution in [1.82, 2.24) is 5.32 Å². The lowest BCUT2D eigenvalue weighted by molar-refractivity contribution is -0.116. The highest BCUT2D eigenvalue weighted by Gasteiger charge is 2.17. The van der Waals surface area contributed by atoms with Crippen molar-refractivity contribution in [2.24, 2.45) is 0 Å². The van der Waals surface area contributed by atoms with E-state index in [0.29, 0.717) is 18.5 Å². The van der Waals surface area contributed by atoms with Gasteiger partial charge in [0.2, 0.25) is 5.91 Å². The van der Waals surface area contributed by atoms with Crippen LogP contribution in [0, 0.1) is 0 Å². The van der Waals surface area contributed by atoms with Crippen LogP contribution in [0.2, 0.25) is 0 Å². The van der Waals surface area contributed by atoms with Gasteiger partial charge < -0.3 is 15.5 Å². The Bertz CT molecular complexity index is 450. The van der Waals surface area contributed by atoms with Crippen molar-refractivity contribution in [3.05, 3.63) is 24.3 Å². The predicted octanol–water partition coefficient (Wildman–Crippen LogP) is 3.00. The molecule has 0 saturated carbocycles. The molecule has 1 aromatic rings. The molecule has 0 radical (unpaired) electrons. The number of hydrogen-bond donors (Lipinski definition) is 2. The summed E-state index contributed by atoms with van der Waals surface area (Å²) < 4.78 is 0. The second kappa shape index (κ2) is 7.46. The molecule has 1 amide bonds. The van der Waals surface area contributed by atoms with Crippen LogP contribution in [0.4, 0.5) is 11.4 Å². The molecule has 0 spiro atoms. The van der Waals surface area contributed by atoms with Crippen molar-refractivity contribution in [2.75, 3.05) is 23.3 Å². The van der Waals surface area contributed by atoms with Gasteiger partial charge >= 0.3 is 0 Å². The third-order valence-corrected chi connectivity index (χ3v) is 4.04. The van der Waals surface area contributed by atoms with Gasteiger partial charge in [-0.1, -0.05) is 0 Å². The zero-order valence-electron chi connectivity index (χ0n) is 13.4. The van der Waals surface area contributed by atoms with Gasteiger partial charge in [0, 0.05) is 36.4 Å². The number of anilines is 2. The van der Waals surface area contributed by atoms with Crippen LogP contribution in [0.25, 0.3) is 0 Å². The fraction of sp³-hybridized carbons (Fsp3) is 0.588. The Hall–Kier alpha value is -1.55. The summed E-state index contributed by atoms with van der Waals surface area (Å²) in [5, 5.41) is 6.33. The smallest absolute Gasteiger partial charge is 0.225 e. The molecule has 116 valence electrons. The standard InChI is InChI=1S/C17H27N3O/c1-4-20(13(2)3)16-9-7-14(8-10-16)19-17(21)12-15-6-5-11-18-15/h7-10,13,15,18H,4-6,11-12H2,1-3H3,(H,19,21). The van der Waals surface area contributed by atoms with Crippen LogP contribution < -0.4 is 15.5 Å². The third kappa shape index (κ3) is 4.46. The molecule has 0 aromatic heterocycles. The van der Waals surface area contributed by atoms with E-state index in [2.05, 4.69) is 48.4 Å². The molecule has 1 aliphatic rings. The summed E-state index contributed by atoms with van der Waals surface area (Å²) >= 11 is 0. The van der Waals surface area contributed by atoms with Crippen LogP contribution in [-0.4, -0.2) is 31.1 Å². The average Bonchev–Trinajstić information content (AvgIpc) is 2.94. The van der Waals surface area contributed by atoms with Gasteiger partial charge in [0.05, 0.1) is 0 Å². The molecule has 2 N–H and O–H groups in total. The Morgan fingerprint density at radius 1 is 1.38 bits per heavy atom. The Morgan fingerprint density at radius 3 is 2.62 bits per heavy atom. The number of hydrogen-bond acceptors (Lipinski definition) is 3. The van der Waals surface area contributed by atoms with Gasteiger partial charge in [-0.2, -0.15) is 0 Å². The summed E-state index contributed by atoms with van der Waals surface area (Å²) in [6.45, 7) is 8.55. The molecule has 1 saturated heterocycles.